The van der Waals surface area contributed by atoms with Crippen molar-refractivity contribution in [3.8, 4) is 17.1 Å². The topological polar surface area (TPSA) is 143 Å². The highest BCUT2D eigenvalue weighted by molar-refractivity contribution is 5.89. The molecular formula is C31H38N4O7. The first-order chi connectivity index (χ1) is 19.8. The first kappa shape index (κ1) is 29.5. The Balaban J connectivity index is 1.35. The van der Waals surface area contributed by atoms with E-state index < -0.39 is 23.3 Å². The molecule has 42 heavy (non-hydrogen) atoms. The number of aliphatic hydroxyl groups is 1. The van der Waals surface area contributed by atoms with E-state index in [-0.39, 0.29) is 42.0 Å². The zero-order chi connectivity index (χ0) is 30.4. The van der Waals surface area contributed by atoms with Gasteiger partial charge in [-0.15, -0.1) is 0 Å². The molecule has 1 atom stereocenters. The number of amides is 1. The molecule has 0 radical (unpaired) electrons. The van der Waals surface area contributed by atoms with Crippen LogP contribution in [0, 0.1) is 0 Å². The molecule has 2 aliphatic rings. The number of nitrogens with one attached hydrogen (secondary N) is 1. The summed E-state index contributed by atoms with van der Waals surface area (Å²) in [6, 6.07) is 7.02. The highest BCUT2D eigenvalue weighted by Crippen LogP contribution is 2.39. The number of ether oxygens (including phenoxy) is 2. The minimum Gasteiger partial charge on any atom is -0.508 e. The van der Waals surface area contributed by atoms with E-state index in [1.807, 2.05) is 33.9 Å². The van der Waals surface area contributed by atoms with Gasteiger partial charge in [0.1, 0.15) is 18.0 Å². The smallest absolute Gasteiger partial charge is 0.407 e. The molecule has 1 amide bonds. The Bertz CT molecular complexity index is 1620. The van der Waals surface area contributed by atoms with Crippen LogP contribution in [0.4, 0.5) is 4.79 Å². The van der Waals surface area contributed by atoms with Crippen LogP contribution in [-0.4, -0.2) is 62.5 Å². The number of rotatable bonds is 8. The van der Waals surface area contributed by atoms with E-state index in [1.54, 1.807) is 29.7 Å². The van der Waals surface area contributed by atoms with Gasteiger partial charge in [-0.3, -0.25) is 4.79 Å². The van der Waals surface area contributed by atoms with Crippen molar-refractivity contribution >= 4 is 23.0 Å². The lowest BCUT2D eigenvalue weighted by atomic mass is 9.86. The van der Waals surface area contributed by atoms with E-state index in [4.69, 9.17) is 14.5 Å². The van der Waals surface area contributed by atoms with Gasteiger partial charge in [-0.25, -0.2) is 14.6 Å². The van der Waals surface area contributed by atoms with Crippen LogP contribution in [0.25, 0.3) is 22.3 Å². The summed E-state index contributed by atoms with van der Waals surface area (Å²) in [5.41, 5.74) is 1.21. The van der Waals surface area contributed by atoms with Crippen molar-refractivity contribution in [2.24, 2.45) is 0 Å². The first-order valence-electron chi connectivity index (χ1n) is 14.3. The van der Waals surface area contributed by atoms with Gasteiger partial charge in [-0.05, 0) is 77.9 Å². The Morgan fingerprint density at radius 2 is 2.00 bits per heavy atom. The first-order valence-corrected chi connectivity index (χ1v) is 14.3. The lowest BCUT2D eigenvalue weighted by Gasteiger charge is -2.31. The monoisotopic (exact) mass is 578 g/mol. The standard InChI is InChI=1S/C31H38N4O7/c1-6-31(40)22-14-24-26-18(15-35(24)27(37)21(22)17-41-28(31)38)13-19-20(25(36)10-9-23(19)33-26)16-34(5)12-8-7-11-32-29(39)42-30(2,3)4/h9-10,13-14,36,40H,6-8,11-12,15-17H2,1-5H3,(H,32,39). The van der Waals surface area contributed by atoms with Gasteiger partial charge in [-0.1, -0.05) is 6.92 Å². The number of fused-ring (bicyclic) bond motifs is 5. The van der Waals surface area contributed by atoms with E-state index in [1.165, 1.54) is 0 Å². The number of carbonyl (C=O) groups is 2. The van der Waals surface area contributed by atoms with Crippen LogP contribution in [-0.2, 0) is 39.6 Å². The van der Waals surface area contributed by atoms with Crippen molar-refractivity contribution in [2.75, 3.05) is 20.1 Å². The van der Waals surface area contributed by atoms with Crippen molar-refractivity contribution in [1.29, 1.82) is 0 Å². The lowest BCUT2D eigenvalue weighted by Crippen LogP contribution is -2.44. The van der Waals surface area contributed by atoms with Crippen LogP contribution < -0.4 is 10.9 Å². The summed E-state index contributed by atoms with van der Waals surface area (Å²) in [7, 11) is 1.97. The highest BCUT2D eigenvalue weighted by Gasteiger charge is 2.45. The number of phenols is 1. The second kappa shape index (κ2) is 11.0. The quantitative estimate of drug-likeness (QED) is 0.211. The third kappa shape index (κ3) is 5.46. The summed E-state index contributed by atoms with van der Waals surface area (Å²) in [5, 5.41) is 25.4. The van der Waals surface area contributed by atoms with E-state index >= 15 is 0 Å². The average Bonchev–Trinajstić information content (AvgIpc) is 3.28. The molecule has 2 aromatic heterocycles. The van der Waals surface area contributed by atoms with Gasteiger partial charge in [0.15, 0.2) is 5.60 Å². The molecule has 0 saturated carbocycles. The number of carbonyl (C=O) groups excluding carboxylic acids is 2. The number of unbranched alkanes of at least 4 members (excludes halogenated alkanes) is 1. The molecule has 4 heterocycles. The summed E-state index contributed by atoms with van der Waals surface area (Å²) in [6.07, 6.45) is 1.27. The minimum absolute atomic E-state index is 0.0795. The van der Waals surface area contributed by atoms with Gasteiger partial charge in [0.2, 0.25) is 0 Å². The van der Waals surface area contributed by atoms with Gasteiger partial charge in [0.25, 0.3) is 5.56 Å². The molecule has 224 valence electrons. The molecule has 0 spiro atoms. The van der Waals surface area contributed by atoms with Crippen LogP contribution >= 0.6 is 0 Å². The normalized spacial score (nSPS) is 17.5. The molecule has 3 aromatic rings. The summed E-state index contributed by atoms with van der Waals surface area (Å²) in [4.78, 5) is 44.7. The van der Waals surface area contributed by atoms with Gasteiger partial charge < -0.3 is 34.5 Å². The number of pyridine rings is 2. The molecule has 1 aromatic carbocycles. The zero-order valence-electron chi connectivity index (χ0n) is 24.7. The van der Waals surface area contributed by atoms with E-state index in [9.17, 15) is 24.6 Å². The number of nitrogens with zero attached hydrogens (tertiary/aromatic N) is 3. The minimum atomic E-state index is -1.88. The maximum Gasteiger partial charge on any atom is 0.407 e. The number of cyclic esters (lactones) is 1. The third-order valence-corrected chi connectivity index (χ3v) is 7.84. The van der Waals surface area contributed by atoms with E-state index in [0.29, 0.717) is 30.0 Å². The Morgan fingerprint density at radius 3 is 2.71 bits per heavy atom. The van der Waals surface area contributed by atoms with Crippen LogP contribution in [0.3, 0.4) is 0 Å². The number of phenolic OH excluding ortho intramolecular Hbond substituents is 1. The van der Waals surface area contributed by atoms with Gasteiger partial charge in [0.05, 0.1) is 29.0 Å². The van der Waals surface area contributed by atoms with Crippen molar-refractivity contribution in [2.45, 2.75) is 77.9 Å². The molecule has 0 saturated heterocycles. The van der Waals surface area contributed by atoms with Crippen molar-refractivity contribution < 1.29 is 29.3 Å². The van der Waals surface area contributed by atoms with E-state index in [0.717, 1.165) is 35.9 Å². The molecule has 1 unspecified atom stereocenters. The maximum absolute atomic E-state index is 13.4. The molecule has 11 heteroatoms. The molecule has 0 fully saturated rings. The second-order valence-corrected chi connectivity index (χ2v) is 12.1. The summed E-state index contributed by atoms with van der Waals surface area (Å²) in [6.45, 7) is 8.99. The largest absolute Gasteiger partial charge is 0.508 e. The number of aromatic hydroxyl groups is 1. The maximum atomic E-state index is 13.4. The second-order valence-electron chi connectivity index (χ2n) is 12.1. The van der Waals surface area contributed by atoms with E-state index in [2.05, 4.69) is 10.2 Å². The average molecular weight is 579 g/mol. The number of alkyl carbamates (subject to hydrolysis) is 1. The van der Waals surface area contributed by atoms with Gasteiger partial charge in [0, 0.05) is 35.2 Å². The van der Waals surface area contributed by atoms with Crippen LogP contribution in [0.1, 0.15) is 69.2 Å². The Hall–Kier alpha value is -3.96. The third-order valence-electron chi connectivity index (χ3n) is 7.84. The molecule has 5 rings (SSSR count). The molecule has 0 aliphatic carbocycles. The molecule has 0 bridgehead atoms. The molecular weight excluding hydrogens is 540 g/mol. The lowest BCUT2D eigenvalue weighted by molar-refractivity contribution is -0.172. The fourth-order valence-corrected chi connectivity index (χ4v) is 5.63. The Kier molecular flexibility index (Phi) is 7.76. The number of esters is 1. The summed E-state index contributed by atoms with van der Waals surface area (Å²) < 4.78 is 12.0. The molecule has 2 aliphatic heterocycles. The fraction of sp³-hybridized carbons (Fsp3) is 0.484. The van der Waals surface area contributed by atoms with Crippen LogP contribution in [0.5, 0.6) is 5.75 Å². The van der Waals surface area contributed by atoms with Crippen molar-refractivity contribution in [3.05, 3.63) is 56.9 Å². The summed E-state index contributed by atoms with van der Waals surface area (Å²) >= 11 is 0. The molecule has 3 N–H and O–H groups in total. The Morgan fingerprint density at radius 1 is 1.24 bits per heavy atom. The zero-order valence-corrected chi connectivity index (χ0v) is 24.7. The van der Waals surface area contributed by atoms with Crippen LogP contribution in [0.15, 0.2) is 29.1 Å². The number of hydrogen-bond donors (Lipinski definition) is 3. The predicted octanol–water partition coefficient (Wildman–Crippen LogP) is 3.52. The number of hydrogen-bond acceptors (Lipinski definition) is 9. The highest BCUT2D eigenvalue weighted by atomic mass is 16.6. The Labute approximate surface area is 244 Å². The van der Waals surface area contributed by atoms with Crippen molar-refractivity contribution in [1.82, 2.24) is 19.8 Å². The number of aromatic nitrogens is 2. The molecule has 11 nitrogen and oxygen atoms in total. The number of benzene rings is 1. The van der Waals surface area contributed by atoms with Gasteiger partial charge >= 0.3 is 12.1 Å². The van der Waals surface area contributed by atoms with Crippen LogP contribution in [0.2, 0.25) is 0 Å². The van der Waals surface area contributed by atoms with Crippen molar-refractivity contribution in [3.63, 3.8) is 0 Å². The fourth-order valence-electron chi connectivity index (χ4n) is 5.63. The SMILES string of the molecule is CCC1(O)C(=O)OCc2c1cc1n(c2=O)Cc2cc3c(CN(C)CCCCNC(=O)OC(C)(C)C)c(O)ccc3nc2-1. The summed E-state index contributed by atoms with van der Waals surface area (Å²) in [5.74, 6) is -0.593. The predicted molar refractivity (Wildman–Crippen MR) is 156 cm³/mol. The van der Waals surface area contributed by atoms with Gasteiger partial charge in [-0.2, -0.15) is 0 Å².